The Hall–Kier alpha value is -2.35. The van der Waals surface area contributed by atoms with Gasteiger partial charge in [0.1, 0.15) is 29.3 Å². The van der Waals surface area contributed by atoms with Crippen LogP contribution in [0.5, 0.6) is 5.75 Å². The number of hydrogen-bond donors (Lipinski definition) is 0. The summed E-state index contributed by atoms with van der Waals surface area (Å²) in [6.45, 7) is 6.89. The summed E-state index contributed by atoms with van der Waals surface area (Å²) in [5.74, 6) is -0.101. The number of hydrogen-bond acceptors (Lipinski definition) is 5. The van der Waals surface area contributed by atoms with E-state index in [-0.39, 0.29) is 12.5 Å². The van der Waals surface area contributed by atoms with Crippen LogP contribution in [0.25, 0.3) is 0 Å². The quantitative estimate of drug-likeness (QED) is 0.748. The van der Waals surface area contributed by atoms with Gasteiger partial charge in [0.2, 0.25) is 5.91 Å². The summed E-state index contributed by atoms with van der Waals surface area (Å²) in [7, 11) is 4.01. The molecule has 0 N–H and O–H groups in total. The average Bonchev–Trinajstić information content (AvgIpc) is 3.27. The van der Waals surface area contributed by atoms with Crippen molar-refractivity contribution in [2.24, 2.45) is 0 Å². The minimum atomic E-state index is -0.671. The van der Waals surface area contributed by atoms with Crippen LogP contribution in [0.15, 0.2) is 24.3 Å². The van der Waals surface area contributed by atoms with Gasteiger partial charge >= 0.3 is 6.09 Å². The van der Waals surface area contributed by atoms with E-state index in [1.54, 1.807) is 32.9 Å². The van der Waals surface area contributed by atoms with E-state index in [4.69, 9.17) is 9.47 Å². The third kappa shape index (κ3) is 5.41. The SMILES string of the molecule is CN(C)[C@H]1CCN(C(=O)[C@H]2C[C@H](Oc3cccc(F)c3)CN2C(=O)OC(C)(C)C)C1. The lowest BCUT2D eigenvalue weighted by Crippen LogP contribution is -2.49. The number of benzene rings is 1. The van der Waals surface area contributed by atoms with Gasteiger partial charge in [-0.05, 0) is 53.4 Å². The predicted octanol–water partition coefficient (Wildman–Crippen LogP) is 2.75. The first-order valence-corrected chi connectivity index (χ1v) is 10.4. The maximum atomic E-state index is 13.5. The minimum Gasteiger partial charge on any atom is -0.488 e. The van der Waals surface area contributed by atoms with Crippen molar-refractivity contribution in [3.05, 3.63) is 30.1 Å². The van der Waals surface area contributed by atoms with Crippen molar-refractivity contribution in [3.63, 3.8) is 0 Å². The van der Waals surface area contributed by atoms with Crippen molar-refractivity contribution < 1.29 is 23.5 Å². The number of rotatable bonds is 4. The highest BCUT2D eigenvalue weighted by Crippen LogP contribution is 2.28. The molecule has 0 aromatic heterocycles. The van der Waals surface area contributed by atoms with Gasteiger partial charge in [-0.1, -0.05) is 6.07 Å². The molecule has 7 nitrogen and oxygen atoms in total. The topological polar surface area (TPSA) is 62.3 Å². The lowest BCUT2D eigenvalue weighted by atomic mass is 10.1. The van der Waals surface area contributed by atoms with Crippen LogP contribution in [-0.4, -0.2) is 84.2 Å². The summed E-state index contributed by atoms with van der Waals surface area (Å²) >= 11 is 0. The molecule has 30 heavy (non-hydrogen) atoms. The van der Waals surface area contributed by atoms with Crippen LogP contribution in [0.4, 0.5) is 9.18 Å². The summed E-state index contributed by atoms with van der Waals surface area (Å²) in [5.41, 5.74) is -0.671. The number of nitrogens with zero attached hydrogens (tertiary/aromatic N) is 3. The summed E-state index contributed by atoms with van der Waals surface area (Å²) < 4.78 is 24.9. The van der Waals surface area contributed by atoms with E-state index < -0.39 is 29.7 Å². The Morgan fingerprint density at radius 1 is 1.20 bits per heavy atom. The molecule has 166 valence electrons. The van der Waals surface area contributed by atoms with Crippen molar-refractivity contribution in [2.75, 3.05) is 33.7 Å². The second-order valence-corrected chi connectivity index (χ2v) is 9.27. The van der Waals surface area contributed by atoms with E-state index in [2.05, 4.69) is 4.90 Å². The molecule has 0 saturated carbocycles. The molecule has 1 aromatic rings. The fraction of sp³-hybridized carbons (Fsp3) is 0.636. The zero-order chi connectivity index (χ0) is 22.1. The fourth-order valence-electron chi connectivity index (χ4n) is 3.95. The highest BCUT2D eigenvalue weighted by atomic mass is 19.1. The molecule has 0 bridgehead atoms. The van der Waals surface area contributed by atoms with Crippen molar-refractivity contribution in [3.8, 4) is 5.75 Å². The van der Waals surface area contributed by atoms with Crippen LogP contribution in [0.2, 0.25) is 0 Å². The van der Waals surface area contributed by atoms with E-state index in [1.807, 2.05) is 19.0 Å². The number of likely N-dealkylation sites (N-methyl/N-ethyl adjacent to an activating group) is 1. The smallest absolute Gasteiger partial charge is 0.411 e. The molecule has 0 unspecified atom stereocenters. The van der Waals surface area contributed by atoms with Crippen LogP contribution < -0.4 is 4.74 Å². The molecule has 2 aliphatic rings. The third-order valence-electron chi connectivity index (χ3n) is 5.48. The number of likely N-dealkylation sites (tertiary alicyclic amines) is 2. The predicted molar refractivity (Wildman–Crippen MR) is 111 cm³/mol. The molecule has 8 heteroatoms. The molecular weight excluding hydrogens is 389 g/mol. The number of halogens is 1. The number of carbonyl (C=O) groups is 2. The molecule has 0 spiro atoms. The second-order valence-electron chi connectivity index (χ2n) is 9.27. The molecule has 2 amide bonds. The number of ether oxygens (including phenoxy) is 2. The Morgan fingerprint density at radius 2 is 1.93 bits per heavy atom. The van der Waals surface area contributed by atoms with Crippen molar-refractivity contribution in [1.82, 2.24) is 14.7 Å². The molecule has 1 aromatic carbocycles. The van der Waals surface area contributed by atoms with E-state index >= 15 is 0 Å². The van der Waals surface area contributed by atoms with Crippen molar-refractivity contribution in [1.29, 1.82) is 0 Å². The van der Waals surface area contributed by atoms with Crippen LogP contribution in [0, 0.1) is 5.82 Å². The fourth-order valence-corrected chi connectivity index (χ4v) is 3.95. The standard InChI is InChI=1S/C22H32FN3O4/c1-22(2,3)30-21(28)26-14-18(29-17-8-6-7-15(23)11-17)12-19(26)20(27)25-10-9-16(13-25)24(4)5/h6-8,11,16,18-19H,9-10,12-14H2,1-5H3/t16-,18-,19+/m0/s1. The molecule has 2 aliphatic heterocycles. The highest BCUT2D eigenvalue weighted by molar-refractivity contribution is 5.86. The zero-order valence-corrected chi connectivity index (χ0v) is 18.4. The molecule has 2 heterocycles. The van der Waals surface area contributed by atoms with Gasteiger partial charge in [-0.3, -0.25) is 9.69 Å². The van der Waals surface area contributed by atoms with E-state index in [9.17, 15) is 14.0 Å². The molecule has 3 rings (SSSR count). The van der Waals surface area contributed by atoms with Gasteiger partial charge in [-0.15, -0.1) is 0 Å². The molecule has 0 aliphatic carbocycles. The van der Waals surface area contributed by atoms with Gasteiger partial charge in [-0.25, -0.2) is 9.18 Å². The first-order valence-electron chi connectivity index (χ1n) is 10.4. The third-order valence-corrected chi connectivity index (χ3v) is 5.48. The van der Waals surface area contributed by atoms with Crippen LogP contribution in [0.3, 0.4) is 0 Å². The van der Waals surface area contributed by atoms with Gasteiger partial charge in [0.05, 0.1) is 6.54 Å². The zero-order valence-electron chi connectivity index (χ0n) is 18.4. The molecule has 0 radical (unpaired) electrons. The van der Waals surface area contributed by atoms with Crippen molar-refractivity contribution >= 4 is 12.0 Å². The molecule has 3 atom stereocenters. The molecule has 2 fully saturated rings. The van der Waals surface area contributed by atoms with Crippen molar-refractivity contribution in [2.45, 2.75) is 57.4 Å². The largest absolute Gasteiger partial charge is 0.488 e. The Bertz CT molecular complexity index is 780. The lowest BCUT2D eigenvalue weighted by molar-refractivity contribution is -0.135. The van der Waals surface area contributed by atoms with Gasteiger partial charge in [0, 0.05) is 31.6 Å². The number of carbonyl (C=O) groups excluding carboxylic acids is 2. The first-order chi connectivity index (χ1) is 14.0. The Balaban J connectivity index is 1.75. The second kappa shape index (κ2) is 8.79. The van der Waals surface area contributed by atoms with Crippen LogP contribution >= 0.6 is 0 Å². The Kier molecular flexibility index (Phi) is 6.55. The average molecular weight is 422 g/mol. The first kappa shape index (κ1) is 22.3. The summed E-state index contributed by atoms with van der Waals surface area (Å²) in [4.78, 5) is 31.5. The maximum Gasteiger partial charge on any atom is 0.411 e. The van der Waals surface area contributed by atoms with E-state index in [0.29, 0.717) is 31.3 Å². The van der Waals surface area contributed by atoms with Gasteiger partial charge < -0.3 is 19.3 Å². The lowest BCUT2D eigenvalue weighted by Gasteiger charge is -2.30. The summed E-state index contributed by atoms with van der Waals surface area (Å²) in [5, 5.41) is 0. The van der Waals surface area contributed by atoms with Gasteiger partial charge in [-0.2, -0.15) is 0 Å². The monoisotopic (exact) mass is 421 g/mol. The molecule has 2 saturated heterocycles. The van der Waals surface area contributed by atoms with Crippen LogP contribution in [-0.2, 0) is 9.53 Å². The highest BCUT2D eigenvalue weighted by Gasteiger charge is 2.45. The maximum absolute atomic E-state index is 13.5. The van der Waals surface area contributed by atoms with E-state index in [0.717, 1.165) is 6.42 Å². The van der Waals surface area contributed by atoms with E-state index in [1.165, 1.54) is 17.0 Å². The summed E-state index contributed by atoms with van der Waals surface area (Å²) in [6.07, 6.45) is 0.300. The van der Waals surface area contributed by atoms with Gasteiger partial charge in [0.25, 0.3) is 0 Å². The van der Waals surface area contributed by atoms with Gasteiger partial charge in [0.15, 0.2) is 0 Å². The minimum absolute atomic E-state index is 0.0875. The normalized spacial score (nSPS) is 24.4. The van der Waals surface area contributed by atoms with Crippen LogP contribution in [0.1, 0.15) is 33.6 Å². The Morgan fingerprint density at radius 3 is 2.53 bits per heavy atom. The molecular formula is C22H32FN3O4. The summed E-state index contributed by atoms with van der Waals surface area (Å²) in [6, 6.07) is 5.53. The Labute approximate surface area is 177 Å². The number of amides is 2.